The van der Waals surface area contributed by atoms with Crippen molar-refractivity contribution in [2.45, 2.75) is 19.1 Å². The second-order valence-electron chi connectivity index (χ2n) is 6.60. The zero-order chi connectivity index (χ0) is 20.8. The number of hydrogen-bond acceptors (Lipinski definition) is 7. The summed E-state index contributed by atoms with van der Waals surface area (Å²) in [6.07, 6.45) is 0.832. The number of aromatic nitrogens is 2. The lowest BCUT2D eigenvalue weighted by Gasteiger charge is -2.19. The predicted octanol–water partition coefficient (Wildman–Crippen LogP) is 2.98. The maximum atomic E-state index is 9.82. The van der Waals surface area contributed by atoms with E-state index in [0.29, 0.717) is 5.95 Å². The van der Waals surface area contributed by atoms with Gasteiger partial charge in [0.2, 0.25) is 5.95 Å². The van der Waals surface area contributed by atoms with Gasteiger partial charge in [-0.05, 0) is 48.9 Å². The Morgan fingerprint density at radius 3 is 2.00 bits per heavy atom. The third-order valence-electron chi connectivity index (χ3n) is 4.67. The average molecular weight is 395 g/mol. The van der Waals surface area contributed by atoms with Gasteiger partial charge in [-0.25, -0.2) is 9.97 Å². The van der Waals surface area contributed by atoms with Gasteiger partial charge in [-0.1, -0.05) is 12.1 Å². The van der Waals surface area contributed by atoms with Gasteiger partial charge in [0.05, 0.1) is 38.7 Å². The zero-order valence-electron chi connectivity index (χ0n) is 16.7. The van der Waals surface area contributed by atoms with E-state index in [4.69, 9.17) is 14.6 Å². The Balaban J connectivity index is 2.03. The van der Waals surface area contributed by atoms with Crippen LogP contribution in [0.4, 0.5) is 5.95 Å². The Labute approximate surface area is 170 Å². The Bertz CT molecular complexity index is 930. The van der Waals surface area contributed by atoms with Crippen LogP contribution < -0.4 is 14.8 Å². The number of methoxy groups -OCH3 is 2. The van der Waals surface area contributed by atoms with Crippen molar-refractivity contribution in [3.63, 3.8) is 0 Å². The van der Waals surface area contributed by atoms with Gasteiger partial charge in [-0.2, -0.15) is 0 Å². The van der Waals surface area contributed by atoms with E-state index < -0.39 is 12.1 Å². The molecule has 0 aliphatic rings. The van der Waals surface area contributed by atoms with E-state index >= 15 is 0 Å². The Morgan fingerprint density at radius 2 is 1.48 bits per heavy atom. The van der Waals surface area contributed by atoms with E-state index in [1.165, 1.54) is 0 Å². The summed E-state index contributed by atoms with van der Waals surface area (Å²) in [5.74, 6) is 1.89. The summed E-state index contributed by atoms with van der Waals surface area (Å²) in [4.78, 5) is 9.09. The molecular formula is C22H25N3O4. The summed E-state index contributed by atoms with van der Waals surface area (Å²) >= 11 is 0. The van der Waals surface area contributed by atoms with Crippen molar-refractivity contribution in [2.24, 2.45) is 0 Å². The van der Waals surface area contributed by atoms with Gasteiger partial charge in [-0.3, -0.25) is 0 Å². The van der Waals surface area contributed by atoms with Crippen LogP contribution in [0.5, 0.6) is 11.5 Å². The molecule has 1 aromatic heterocycles. The molecule has 0 bridgehead atoms. The second kappa shape index (κ2) is 9.36. The monoisotopic (exact) mass is 395 g/mol. The number of anilines is 1. The fourth-order valence-electron chi connectivity index (χ4n) is 2.86. The highest BCUT2D eigenvalue weighted by atomic mass is 16.5. The van der Waals surface area contributed by atoms with E-state index in [9.17, 15) is 5.11 Å². The summed E-state index contributed by atoms with van der Waals surface area (Å²) < 4.78 is 10.5. The lowest BCUT2D eigenvalue weighted by molar-refractivity contribution is 0.0837. The van der Waals surface area contributed by atoms with Crippen LogP contribution in [0.15, 0.2) is 54.7 Å². The molecular weight excluding hydrogens is 370 g/mol. The van der Waals surface area contributed by atoms with Gasteiger partial charge in [0.25, 0.3) is 0 Å². The zero-order valence-corrected chi connectivity index (χ0v) is 16.7. The average Bonchev–Trinajstić information content (AvgIpc) is 2.78. The van der Waals surface area contributed by atoms with E-state index in [-0.39, 0.29) is 6.61 Å². The third kappa shape index (κ3) is 4.82. The summed E-state index contributed by atoms with van der Waals surface area (Å²) in [5, 5.41) is 22.0. The van der Waals surface area contributed by atoms with Crippen LogP contribution in [-0.2, 0) is 0 Å². The molecule has 1 heterocycles. The minimum absolute atomic E-state index is 0.344. The Hall–Kier alpha value is -3.16. The van der Waals surface area contributed by atoms with E-state index in [1.807, 2.05) is 48.5 Å². The largest absolute Gasteiger partial charge is 0.497 e. The fraction of sp³-hybridized carbons (Fsp3) is 0.273. The van der Waals surface area contributed by atoms with Crippen LogP contribution in [0.25, 0.3) is 22.4 Å². The number of ether oxygens (including phenoxy) is 2. The van der Waals surface area contributed by atoms with Crippen LogP contribution in [0, 0.1) is 0 Å². The molecule has 0 amide bonds. The highest BCUT2D eigenvalue weighted by Crippen LogP contribution is 2.32. The molecule has 2 aromatic carbocycles. The molecule has 29 heavy (non-hydrogen) atoms. The number of benzene rings is 2. The van der Waals surface area contributed by atoms with Crippen molar-refractivity contribution in [1.29, 1.82) is 0 Å². The number of nitrogens with zero attached hydrogens (tertiary/aromatic N) is 2. The first-order valence-electron chi connectivity index (χ1n) is 9.27. The molecule has 0 saturated heterocycles. The van der Waals surface area contributed by atoms with Crippen molar-refractivity contribution in [3.8, 4) is 33.9 Å². The van der Waals surface area contributed by atoms with Crippen molar-refractivity contribution < 1.29 is 19.7 Å². The van der Waals surface area contributed by atoms with Crippen LogP contribution >= 0.6 is 0 Å². The first kappa shape index (κ1) is 20.6. The lowest BCUT2D eigenvalue weighted by Crippen LogP contribution is -2.34. The molecule has 0 aliphatic heterocycles. The normalized spacial score (nSPS) is 12.9. The predicted molar refractivity (Wildman–Crippen MR) is 112 cm³/mol. The van der Waals surface area contributed by atoms with Gasteiger partial charge in [-0.15, -0.1) is 0 Å². The molecule has 3 rings (SSSR count). The van der Waals surface area contributed by atoms with Crippen molar-refractivity contribution in [2.75, 3.05) is 26.1 Å². The molecule has 0 aliphatic carbocycles. The van der Waals surface area contributed by atoms with Crippen molar-refractivity contribution >= 4 is 5.95 Å². The molecule has 0 fully saturated rings. The molecule has 3 aromatic rings. The second-order valence-corrected chi connectivity index (χ2v) is 6.60. The maximum Gasteiger partial charge on any atom is 0.223 e. The minimum Gasteiger partial charge on any atom is -0.497 e. The Kier molecular flexibility index (Phi) is 6.64. The van der Waals surface area contributed by atoms with Gasteiger partial charge >= 0.3 is 0 Å². The van der Waals surface area contributed by atoms with Gasteiger partial charge in [0.1, 0.15) is 11.5 Å². The van der Waals surface area contributed by atoms with Crippen molar-refractivity contribution in [3.05, 3.63) is 54.7 Å². The van der Waals surface area contributed by atoms with E-state index in [0.717, 1.165) is 33.9 Å². The molecule has 2 unspecified atom stereocenters. The molecule has 2 atom stereocenters. The number of rotatable bonds is 8. The number of hydrogen-bond donors (Lipinski definition) is 3. The quantitative estimate of drug-likeness (QED) is 0.539. The molecule has 0 radical (unpaired) electrons. The molecule has 0 spiro atoms. The number of aliphatic hydroxyl groups is 2. The van der Waals surface area contributed by atoms with Crippen LogP contribution in [0.3, 0.4) is 0 Å². The first-order chi connectivity index (χ1) is 14.0. The molecule has 3 N–H and O–H groups in total. The Morgan fingerprint density at radius 1 is 0.931 bits per heavy atom. The molecule has 0 saturated carbocycles. The topological polar surface area (TPSA) is 96.7 Å². The van der Waals surface area contributed by atoms with Crippen LogP contribution in [0.1, 0.15) is 6.92 Å². The minimum atomic E-state index is -0.913. The third-order valence-corrected chi connectivity index (χ3v) is 4.67. The number of aliphatic hydroxyl groups excluding tert-OH is 2. The van der Waals surface area contributed by atoms with E-state index in [1.54, 1.807) is 27.3 Å². The molecule has 7 nitrogen and oxygen atoms in total. The van der Waals surface area contributed by atoms with E-state index in [2.05, 4.69) is 15.3 Å². The van der Waals surface area contributed by atoms with Gasteiger partial charge in [0, 0.05) is 17.3 Å². The summed E-state index contributed by atoms with van der Waals surface area (Å²) in [5.41, 5.74) is 3.45. The number of nitrogens with one attached hydrogen (secondary N) is 1. The highest BCUT2D eigenvalue weighted by Gasteiger charge is 2.17. The first-order valence-corrected chi connectivity index (χ1v) is 9.27. The van der Waals surface area contributed by atoms with Crippen LogP contribution in [0.2, 0.25) is 0 Å². The van der Waals surface area contributed by atoms with Gasteiger partial charge < -0.3 is 25.0 Å². The summed E-state index contributed by atoms with van der Waals surface area (Å²) in [6.45, 7) is 1.41. The summed E-state index contributed by atoms with van der Waals surface area (Å²) in [7, 11) is 3.25. The summed E-state index contributed by atoms with van der Waals surface area (Å²) in [6, 6.07) is 14.9. The smallest absolute Gasteiger partial charge is 0.223 e. The van der Waals surface area contributed by atoms with Crippen LogP contribution in [-0.4, -0.2) is 53.2 Å². The molecule has 7 heteroatoms. The lowest BCUT2D eigenvalue weighted by atomic mass is 10.0. The van der Waals surface area contributed by atoms with Gasteiger partial charge in [0.15, 0.2) is 0 Å². The fourth-order valence-corrected chi connectivity index (χ4v) is 2.86. The maximum absolute atomic E-state index is 9.82. The highest BCUT2D eigenvalue weighted by molar-refractivity contribution is 5.81. The molecule has 152 valence electrons. The van der Waals surface area contributed by atoms with Crippen molar-refractivity contribution in [1.82, 2.24) is 9.97 Å². The SMILES string of the molecule is COc1ccc(-c2cnc(NC(C)C(O)CO)nc2-c2ccc(OC)cc2)cc1. The standard InChI is InChI=1S/C22H25N3O4/c1-14(20(27)13-26)24-22-23-12-19(15-4-8-17(28-2)9-5-15)21(25-22)16-6-10-18(29-3)11-7-16/h4-12,14,20,26-27H,13H2,1-3H3,(H,23,24,25).